The highest BCUT2D eigenvalue weighted by Crippen LogP contribution is 2.35. The van der Waals surface area contributed by atoms with Crippen molar-refractivity contribution in [3.8, 4) is 11.5 Å². The summed E-state index contributed by atoms with van der Waals surface area (Å²) in [5.74, 6) is -0.315. The number of ether oxygens (including phenoxy) is 3. The number of rotatable bonds is 9. The number of benzene rings is 2. The molecule has 26 heavy (non-hydrogen) atoms. The van der Waals surface area contributed by atoms with Gasteiger partial charge < -0.3 is 14.2 Å². The third-order valence-electron chi connectivity index (χ3n) is 3.67. The molecule has 2 rings (SSSR count). The summed E-state index contributed by atoms with van der Waals surface area (Å²) in [6.07, 6.45) is 1.73. The highest BCUT2D eigenvalue weighted by molar-refractivity contribution is 5.95. The minimum Gasteiger partial charge on any atom is -0.493 e. The summed E-state index contributed by atoms with van der Waals surface area (Å²) in [5.41, 5.74) is 0.232. The topological polar surface area (TPSA) is 87.9 Å². The van der Waals surface area contributed by atoms with Crippen molar-refractivity contribution in [1.29, 1.82) is 0 Å². The minimum atomic E-state index is -0.793. The van der Waals surface area contributed by atoms with Gasteiger partial charge in [0.2, 0.25) is 0 Å². The number of carbonyl (C=O) groups excluding carboxylic acids is 1. The van der Waals surface area contributed by atoms with Gasteiger partial charge in [0.05, 0.1) is 24.7 Å². The first-order valence-corrected chi connectivity index (χ1v) is 8.27. The van der Waals surface area contributed by atoms with E-state index in [0.29, 0.717) is 6.61 Å². The molecule has 0 heterocycles. The Morgan fingerprint density at radius 1 is 1.15 bits per heavy atom. The standard InChI is InChI=1S/C19H21NO6/c1-3-4-10-25-18-12-16(20(22)23)15(11-17(18)24-2)19(21)26-13-14-8-6-5-7-9-14/h5-9,11-12H,3-4,10,13H2,1-2H3. The van der Waals surface area contributed by atoms with Gasteiger partial charge in [-0.3, -0.25) is 10.1 Å². The maximum Gasteiger partial charge on any atom is 0.345 e. The number of nitro groups is 1. The molecule has 0 bridgehead atoms. The van der Waals surface area contributed by atoms with Crippen molar-refractivity contribution in [2.75, 3.05) is 13.7 Å². The van der Waals surface area contributed by atoms with E-state index in [1.807, 2.05) is 25.1 Å². The Hall–Kier alpha value is -3.09. The summed E-state index contributed by atoms with van der Waals surface area (Å²) in [6.45, 7) is 2.44. The van der Waals surface area contributed by atoms with Gasteiger partial charge in [-0.05, 0) is 12.0 Å². The van der Waals surface area contributed by atoms with Crippen LogP contribution in [0.15, 0.2) is 42.5 Å². The van der Waals surface area contributed by atoms with Gasteiger partial charge in [0.15, 0.2) is 11.5 Å². The highest BCUT2D eigenvalue weighted by Gasteiger charge is 2.26. The second-order valence-corrected chi connectivity index (χ2v) is 5.54. The molecular weight excluding hydrogens is 338 g/mol. The Balaban J connectivity index is 2.24. The largest absolute Gasteiger partial charge is 0.493 e. The van der Waals surface area contributed by atoms with Gasteiger partial charge in [-0.25, -0.2) is 4.79 Å². The van der Waals surface area contributed by atoms with Crippen LogP contribution < -0.4 is 9.47 Å². The molecule has 0 aliphatic heterocycles. The van der Waals surface area contributed by atoms with Crippen molar-refractivity contribution in [3.63, 3.8) is 0 Å². The zero-order valence-corrected chi connectivity index (χ0v) is 14.8. The van der Waals surface area contributed by atoms with Crippen molar-refractivity contribution < 1.29 is 23.9 Å². The molecule has 0 N–H and O–H groups in total. The third-order valence-corrected chi connectivity index (χ3v) is 3.67. The number of esters is 1. The minimum absolute atomic E-state index is 0.0217. The second kappa shape index (κ2) is 9.41. The summed E-state index contributed by atoms with van der Waals surface area (Å²) in [6, 6.07) is 11.6. The van der Waals surface area contributed by atoms with E-state index in [1.54, 1.807) is 12.1 Å². The molecule has 0 atom stereocenters. The number of nitrogens with zero attached hydrogens (tertiary/aromatic N) is 1. The molecule has 0 aromatic heterocycles. The van der Waals surface area contributed by atoms with E-state index in [4.69, 9.17) is 14.2 Å². The zero-order valence-electron chi connectivity index (χ0n) is 14.8. The van der Waals surface area contributed by atoms with E-state index in [0.717, 1.165) is 18.4 Å². The molecule has 0 amide bonds. The first kappa shape index (κ1) is 19.2. The van der Waals surface area contributed by atoms with E-state index >= 15 is 0 Å². The Bertz CT molecular complexity index is 760. The van der Waals surface area contributed by atoms with Gasteiger partial charge in [-0.1, -0.05) is 43.7 Å². The van der Waals surface area contributed by atoms with Crippen LogP contribution >= 0.6 is 0 Å². The van der Waals surface area contributed by atoms with Crippen LogP contribution in [-0.4, -0.2) is 24.6 Å². The predicted octanol–water partition coefficient (Wildman–Crippen LogP) is 4.14. The summed E-state index contributed by atoms with van der Waals surface area (Å²) in [7, 11) is 1.41. The highest BCUT2D eigenvalue weighted by atomic mass is 16.6. The Morgan fingerprint density at radius 3 is 2.50 bits per heavy atom. The molecule has 7 nitrogen and oxygen atoms in total. The molecule has 2 aromatic carbocycles. The first-order valence-electron chi connectivity index (χ1n) is 8.27. The molecule has 0 aliphatic carbocycles. The maximum absolute atomic E-state index is 12.4. The number of methoxy groups -OCH3 is 1. The zero-order chi connectivity index (χ0) is 18.9. The van der Waals surface area contributed by atoms with Crippen molar-refractivity contribution in [3.05, 3.63) is 63.7 Å². The average Bonchev–Trinajstić information content (AvgIpc) is 2.66. The maximum atomic E-state index is 12.4. The van der Waals surface area contributed by atoms with Crippen LogP contribution in [-0.2, 0) is 11.3 Å². The van der Waals surface area contributed by atoms with Crippen LogP contribution in [0, 0.1) is 10.1 Å². The van der Waals surface area contributed by atoms with Crippen molar-refractivity contribution in [2.24, 2.45) is 0 Å². The average molecular weight is 359 g/mol. The van der Waals surface area contributed by atoms with Gasteiger partial charge in [0.25, 0.3) is 5.69 Å². The summed E-state index contributed by atoms with van der Waals surface area (Å²) >= 11 is 0. The first-order chi connectivity index (χ1) is 12.6. The monoisotopic (exact) mass is 359 g/mol. The summed E-state index contributed by atoms with van der Waals surface area (Å²) < 4.78 is 16.0. The molecule has 0 unspecified atom stereocenters. The fourth-order valence-electron chi connectivity index (χ4n) is 2.26. The van der Waals surface area contributed by atoms with Gasteiger partial charge in [0, 0.05) is 6.07 Å². The Kier molecular flexibility index (Phi) is 6.96. The fourth-order valence-corrected chi connectivity index (χ4v) is 2.26. The Morgan fingerprint density at radius 2 is 1.88 bits per heavy atom. The molecular formula is C19H21NO6. The smallest absolute Gasteiger partial charge is 0.345 e. The number of unbranched alkanes of at least 4 members (excludes halogenated alkanes) is 1. The molecule has 0 fully saturated rings. The van der Waals surface area contributed by atoms with Gasteiger partial charge in [0.1, 0.15) is 12.2 Å². The normalized spacial score (nSPS) is 10.2. The van der Waals surface area contributed by atoms with Crippen molar-refractivity contribution in [1.82, 2.24) is 0 Å². The van der Waals surface area contributed by atoms with Crippen LogP contribution in [0.5, 0.6) is 11.5 Å². The van der Waals surface area contributed by atoms with Crippen LogP contribution in [0.1, 0.15) is 35.7 Å². The molecule has 0 saturated carbocycles. The molecule has 0 radical (unpaired) electrons. The van der Waals surface area contributed by atoms with E-state index in [2.05, 4.69) is 0 Å². The van der Waals surface area contributed by atoms with Gasteiger partial charge >= 0.3 is 5.97 Å². The van der Waals surface area contributed by atoms with Crippen molar-refractivity contribution >= 4 is 11.7 Å². The molecule has 0 aliphatic rings. The third kappa shape index (κ3) is 4.95. The lowest BCUT2D eigenvalue weighted by Crippen LogP contribution is -2.10. The van der Waals surface area contributed by atoms with Crippen LogP contribution in [0.3, 0.4) is 0 Å². The lowest BCUT2D eigenvalue weighted by atomic mass is 10.1. The molecule has 7 heteroatoms. The summed E-state index contributed by atoms with van der Waals surface area (Å²) in [4.78, 5) is 23.1. The lowest BCUT2D eigenvalue weighted by Gasteiger charge is -2.12. The van der Waals surface area contributed by atoms with Crippen LogP contribution in [0.4, 0.5) is 5.69 Å². The summed E-state index contributed by atoms with van der Waals surface area (Å²) in [5, 5.41) is 11.4. The van der Waals surface area contributed by atoms with E-state index < -0.39 is 10.9 Å². The molecule has 0 spiro atoms. The van der Waals surface area contributed by atoms with Gasteiger partial charge in [-0.15, -0.1) is 0 Å². The SMILES string of the molecule is CCCCOc1cc([N+](=O)[O-])c(C(=O)OCc2ccccc2)cc1OC. The fraction of sp³-hybridized carbons (Fsp3) is 0.316. The van der Waals surface area contributed by atoms with E-state index in [9.17, 15) is 14.9 Å². The number of carbonyl (C=O) groups is 1. The quantitative estimate of drug-likeness (QED) is 0.289. The molecule has 2 aromatic rings. The van der Waals surface area contributed by atoms with Crippen LogP contribution in [0.2, 0.25) is 0 Å². The number of hydrogen-bond acceptors (Lipinski definition) is 6. The lowest BCUT2D eigenvalue weighted by molar-refractivity contribution is -0.385. The molecule has 138 valence electrons. The Labute approximate surface area is 151 Å². The van der Waals surface area contributed by atoms with E-state index in [-0.39, 0.29) is 29.4 Å². The second-order valence-electron chi connectivity index (χ2n) is 5.54. The van der Waals surface area contributed by atoms with Crippen molar-refractivity contribution in [2.45, 2.75) is 26.4 Å². The predicted molar refractivity (Wildman–Crippen MR) is 95.6 cm³/mol. The number of hydrogen-bond donors (Lipinski definition) is 0. The number of nitro benzene ring substituents is 1. The molecule has 0 saturated heterocycles. The van der Waals surface area contributed by atoms with E-state index in [1.165, 1.54) is 19.2 Å². The van der Waals surface area contributed by atoms with Gasteiger partial charge in [-0.2, -0.15) is 0 Å². The van der Waals surface area contributed by atoms with Crippen LogP contribution in [0.25, 0.3) is 0 Å².